The van der Waals surface area contributed by atoms with Crippen LogP contribution in [-0.4, -0.2) is 12.6 Å². The molecule has 0 aromatic heterocycles. The second-order valence-electron chi connectivity index (χ2n) is 9.09. The first-order chi connectivity index (χ1) is 13.3. The Bertz CT molecular complexity index is 692. The monoisotopic (exact) mass is 382 g/mol. The summed E-state index contributed by atoms with van der Waals surface area (Å²) < 4.78 is 5.38. The van der Waals surface area contributed by atoms with E-state index in [1.807, 2.05) is 13.0 Å². The lowest BCUT2D eigenvalue weighted by atomic mass is 9.72. The first-order valence-corrected chi connectivity index (χ1v) is 10.9. The van der Waals surface area contributed by atoms with Gasteiger partial charge < -0.3 is 4.74 Å². The normalized spacial score (nSPS) is 21.9. The average Bonchev–Trinajstić information content (AvgIpc) is 3.15. The van der Waals surface area contributed by atoms with E-state index in [1.165, 1.54) is 36.0 Å². The molecule has 2 heteroatoms. The van der Waals surface area contributed by atoms with Gasteiger partial charge in [-0.1, -0.05) is 73.8 Å². The predicted molar refractivity (Wildman–Crippen MR) is 119 cm³/mol. The summed E-state index contributed by atoms with van der Waals surface area (Å²) in [5.74, 6) is 0.108. The summed E-state index contributed by atoms with van der Waals surface area (Å²) in [4.78, 5) is 11.9. The zero-order valence-corrected chi connectivity index (χ0v) is 18.5. The quantitative estimate of drug-likeness (QED) is 0.342. The van der Waals surface area contributed by atoms with Crippen LogP contribution >= 0.6 is 0 Å². The molecule has 0 spiro atoms. The minimum atomic E-state index is -0.0263. The van der Waals surface area contributed by atoms with Gasteiger partial charge in [0.2, 0.25) is 0 Å². The second kappa shape index (κ2) is 10.6. The van der Waals surface area contributed by atoms with Gasteiger partial charge in [0.05, 0.1) is 5.92 Å². The van der Waals surface area contributed by atoms with Crippen molar-refractivity contribution >= 4 is 5.97 Å². The summed E-state index contributed by atoms with van der Waals surface area (Å²) in [6.45, 7) is 11.5. The van der Waals surface area contributed by atoms with Gasteiger partial charge in [0.25, 0.3) is 0 Å². The molecule has 1 fully saturated rings. The highest BCUT2D eigenvalue weighted by molar-refractivity contribution is 5.72. The Labute approximate surface area is 172 Å². The molecule has 28 heavy (non-hydrogen) atoms. The minimum absolute atomic E-state index is 0.0263. The van der Waals surface area contributed by atoms with Gasteiger partial charge in [0, 0.05) is 0 Å². The fraction of sp³-hybridized carbons (Fsp3) is 0.577. The van der Waals surface area contributed by atoms with Crippen LogP contribution in [-0.2, 0) is 9.53 Å². The topological polar surface area (TPSA) is 26.3 Å². The molecule has 0 heterocycles. The van der Waals surface area contributed by atoms with Crippen molar-refractivity contribution in [1.29, 1.82) is 0 Å². The molecule has 2 aliphatic rings. The lowest BCUT2D eigenvalue weighted by Crippen LogP contribution is -2.19. The van der Waals surface area contributed by atoms with Crippen LogP contribution in [0.4, 0.5) is 0 Å². The van der Waals surface area contributed by atoms with Crippen LogP contribution in [0, 0.1) is 11.3 Å². The van der Waals surface area contributed by atoms with Crippen LogP contribution in [0.15, 0.2) is 58.7 Å². The SMILES string of the molecule is CC1=C(/C=C/C(C)=C/C=C/C(C)=C/COC(=O)C2CCCC2)C(C)(C)CCC1. The van der Waals surface area contributed by atoms with Crippen LogP contribution in [0.1, 0.15) is 79.6 Å². The van der Waals surface area contributed by atoms with Crippen molar-refractivity contribution in [3.8, 4) is 0 Å². The number of allylic oxidation sites excluding steroid dienone is 9. The maximum Gasteiger partial charge on any atom is 0.309 e. The van der Waals surface area contributed by atoms with Gasteiger partial charge in [-0.15, -0.1) is 0 Å². The molecule has 0 aromatic carbocycles. The van der Waals surface area contributed by atoms with E-state index in [4.69, 9.17) is 4.74 Å². The minimum Gasteiger partial charge on any atom is -0.461 e. The Hall–Kier alpha value is -1.83. The van der Waals surface area contributed by atoms with E-state index < -0.39 is 0 Å². The average molecular weight is 383 g/mol. The zero-order valence-electron chi connectivity index (χ0n) is 18.5. The first kappa shape index (κ1) is 22.5. The molecule has 0 atom stereocenters. The standard InChI is InChI=1S/C26H38O2/c1-20(15-16-24-22(3)12-9-18-26(24,4)5)10-8-11-21(2)17-19-28-25(27)23-13-6-7-14-23/h8,10-11,15-17,23H,6-7,9,12-14,18-19H2,1-5H3/b11-8+,16-15+,20-10+,21-17+. The molecule has 2 rings (SSSR count). The molecule has 0 amide bonds. The Morgan fingerprint density at radius 2 is 1.82 bits per heavy atom. The Morgan fingerprint density at radius 3 is 2.50 bits per heavy atom. The molecule has 2 aliphatic carbocycles. The summed E-state index contributed by atoms with van der Waals surface area (Å²) in [7, 11) is 0. The van der Waals surface area contributed by atoms with Crippen LogP contribution in [0.25, 0.3) is 0 Å². The zero-order chi connectivity index (χ0) is 20.6. The molecule has 154 valence electrons. The van der Waals surface area contributed by atoms with Gasteiger partial charge in [0.1, 0.15) is 6.61 Å². The molecule has 0 aliphatic heterocycles. The van der Waals surface area contributed by atoms with E-state index in [0.717, 1.165) is 31.3 Å². The van der Waals surface area contributed by atoms with Gasteiger partial charge in [-0.25, -0.2) is 0 Å². The summed E-state index contributed by atoms with van der Waals surface area (Å²) in [5.41, 5.74) is 5.65. The van der Waals surface area contributed by atoms with E-state index in [9.17, 15) is 4.79 Å². The van der Waals surface area contributed by atoms with Gasteiger partial charge >= 0.3 is 5.97 Å². The highest BCUT2D eigenvalue weighted by Crippen LogP contribution is 2.40. The van der Waals surface area contributed by atoms with Crippen molar-refractivity contribution in [2.24, 2.45) is 11.3 Å². The molecular weight excluding hydrogens is 344 g/mol. The number of esters is 1. The number of carbonyl (C=O) groups is 1. The van der Waals surface area contributed by atoms with E-state index in [2.05, 4.69) is 58.1 Å². The molecule has 0 radical (unpaired) electrons. The van der Waals surface area contributed by atoms with E-state index in [-0.39, 0.29) is 17.3 Å². The maximum absolute atomic E-state index is 11.9. The maximum atomic E-state index is 11.9. The largest absolute Gasteiger partial charge is 0.461 e. The smallest absolute Gasteiger partial charge is 0.309 e. The van der Waals surface area contributed by atoms with E-state index >= 15 is 0 Å². The Kier molecular flexibility index (Phi) is 8.54. The number of hydrogen-bond donors (Lipinski definition) is 0. The Morgan fingerprint density at radius 1 is 1.11 bits per heavy atom. The molecule has 2 nitrogen and oxygen atoms in total. The molecular formula is C26H38O2. The second-order valence-corrected chi connectivity index (χ2v) is 9.09. The van der Waals surface area contributed by atoms with Gasteiger partial charge in [-0.3, -0.25) is 4.79 Å². The number of carbonyl (C=O) groups excluding carboxylic acids is 1. The lowest BCUT2D eigenvalue weighted by Gasteiger charge is -2.32. The number of ether oxygens (including phenoxy) is 1. The van der Waals surface area contributed by atoms with Crippen LogP contribution in [0.2, 0.25) is 0 Å². The molecule has 0 unspecified atom stereocenters. The van der Waals surface area contributed by atoms with Crippen molar-refractivity contribution in [3.63, 3.8) is 0 Å². The highest BCUT2D eigenvalue weighted by Gasteiger charge is 2.26. The van der Waals surface area contributed by atoms with Crippen molar-refractivity contribution in [2.75, 3.05) is 6.61 Å². The summed E-state index contributed by atoms with van der Waals surface area (Å²) in [6, 6.07) is 0. The van der Waals surface area contributed by atoms with Gasteiger partial charge in [-0.2, -0.15) is 0 Å². The molecule has 0 N–H and O–H groups in total. The van der Waals surface area contributed by atoms with Crippen molar-refractivity contribution < 1.29 is 9.53 Å². The summed E-state index contributed by atoms with van der Waals surface area (Å²) >= 11 is 0. The van der Waals surface area contributed by atoms with Crippen LogP contribution < -0.4 is 0 Å². The fourth-order valence-corrected chi connectivity index (χ4v) is 4.24. The summed E-state index contributed by atoms with van der Waals surface area (Å²) in [5, 5.41) is 0. The third-order valence-electron chi connectivity index (χ3n) is 6.09. The first-order valence-electron chi connectivity index (χ1n) is 10.9. The van der Waals surface area contributed by atoms with Crippen LogP contribution in [0.5, 0.6) is 0 Å². The molecule has 1 saturated carbocycles. The van der Waals surface area contributed by atoms with Crippen LogP contribution in [0.3, 0.4) is 0 Å². The third-order valence-corrected chi connectivity index (χ3v) is 6.09. The highest BCUT2D eigenvalue weighted by atomic mass is 16.5. The molecule has 0 aromatic rings. The van der Waals surface area contributed by atoms with Gasteiger partial charge in [-0.05, 0) is 69.9 Å². The van der Waals surface area contributed by atoms with Crippen molar-refractivity contribution in [1.82, 2.24) is 0 Å². The molecule has 0 saturated heterocycles. The van der Waals surface area contributed by atoms with Crippen molar-refractivity contribution in [3.05, 3.63) is 58.7 Å². The van der Waals surface area contributed by atoms with E-state index in [1.54, 1.807) is 0 Å². The fourth-order valence-electron chi connectivity index (χ4n) is 4.24. The predicted octanol–water partition coefficient (Wildman–Crippen LogP) is 7.25. The number of rotatable bonds is 7. The van der Waals surface area contributed by atoms with Gasteiger partial charge in [0.15, 0.2) is 0 Å². The molecule has 0 bridgehead atoms. The van der Waals surface area contributed by atoms with E-state index in [0.29, 0.717) is 6.61 Å². The summed E-state index contributed by atoms with van der Waals surface area (Å²) in [6.07, 6.45) is 20.9. The van der Waals surface area contributed by atoms with Crippen molar-refractivity contribution in [2.45, 2.75) is 79.6 Å². The lowest BCUT2D eigenvalue weighted by molar-refractivity contribution is -0.147. The Balaban J connectivity index is 1.83. The number of hydrogen-bond acceptors (Lipinski definition) is 2. The third kappa shape index (κ3) is 6.96.